The summed E-state index contributed by atoms with van der Waals surface area (Å²) >= 11 is 8.09. The molecule has 0 aliphatic rings. The Kier molecular flexibility index (Phi) is 4.15. The minimum Gasteiger partial charge on any atom is -0.496 e. The zero-order valence-corrected chi connectivity index (χ0v) is 12.1. The summed E-state index contributed by atoms with van der Waals surface area (Å²) in [4.78, 5) is 1.08. The van der Waals surface area contributed by atoms with Gasteiger partial charge in [-0.3, -0.25) is 0 Å². The SMILES string of the molecule is COc1csc(C(Cl)c2ccc(OC)c(C)c2)c1. The van der Waals surface area contributed by atoms with Crippen molar-refractivity contribution in [2.75, 3.05) is 14.2 Å². The zero-order chi connectivity index (χ0) is 13.1. The first kappa shape index (κ1) is 13.2. The van der Waals surface area contributed by atoms with Crippen molar-refractivity contribution < 1.29 is 9.47 Å². The number of rotatable bonds is 4. The van der Waals surface area contributed by atoms with E-state index in [0.717, 1.165) is 27.5 Å². The molecule has 2 aromatic rings. The molecular formula is C14H15ClO2S. The molecule has 2 nitrogen and oxygen atoms in total. The fraction of sp³-hybridized carbons (Fsp3) is 0.286. The molecule has 1 aromatic heterocycles. The lowest BCUT2D eigenvalue weighted by Crippen LogP contribution is -1.93. The maximum Gasteiger partial charge on any atom is 0.129 e. The van der Waals surface area contributed by atoms with Crippen LogP contribution >= 0.6 is 22.9 Å². The summed E-state index contributed by atoms with van der Waals surface area (Å²) in [5.74, 6) is 1.73. The van der Waals surface area contributed by atoms with Gasteiger partial charge < -0.3 is 9.47 Å². The lowest BCUT2D eigenvalue weighted by atomic mass is 10.1. The van der Waals surface area contributed by atoms with Crippen LogP contribution < -0.4 is 9.47 Å². The number of ether oxygens (including phenoxy) is 2. The third kappa shape index (κ3) is 2.62. The van der Waals surface area contributed by atoms with Gasteiger partial charge >= 0.3 is 0 Å². The van der Waals surface area contributed by atoms with Gasteiger partial charge in [0.05, 0.1) is 19.6 Å². The van der Waals surface area contributed by atoms with Crippen LogP contribution in [0.25, 0.3) is 0 Å². The quantitative estimate of drug-likeness (QED) is 0.774. The number of thiophene rings is 1. The monoisotopic (exact) mass is 282 g/mol. The molecule has 0 bridgehead atoms. The van der Waals surface area contributed by atoms with Crippen molar-refractivity contribution in [1.82, 2.24) is 0 Å². The van der Waals surface area contributed by atoms with Crippen molar-refractivity contribution in [1.29, 1.82) is 0 Å². The topological polar surface area (TPSA) is 18.5 Å². The summed E-state index contributed by atoms with van der Waals surface area (Å²) in [6, 6.07) is 7.98. The molecule has 0 saturated carbocycles. The van der Waals surface area contributed by atoms with E-state index in [1.54, 1.807) is 25.6 Å². The first-order chi connectivity index (χ1) is 8.65. The number of methoxy groups -OCH3 is 2. The molecule has 4 heteroatoms. The molecule has 0 fully saturated rings. The largest absolute Gasteiger partial charge is 0.496 e. The Labute approximate surface area is 116 Å². The van der Waals surface area contributed by atoms with Crippen LogP contribution in [-0.4, -0.2) is 14.2 Å². The number of alkyl halides is 1. The lowest BCUT2D eigenvalue weighted by Gasteiger charge is -2.11. The Morgan fingerprint density at radius 2 is 1.94 bits per heavy atom. The van der Waals surface area contributed by atoms with Gasteiger partial charge in [0.1, 0.15) is 11.5 Å². The predicted molar refractivity (Wildman–Crippen MR) is 76.3 cm³/mol. The molecule has 0 amide bonds. The highest BCUT2D eigenvalue weighted by atomic mass is 35.5. The summed E-state index contributed by atoms with van der Waals surface area (Å²) in [5, 5.41) is 1.81. The molecule has 1 atom stereocenters. The standard InChI is InChI=1S/C14H15ClO2S/c1-9-6-10(4-5-12(9)17-3)14(15)13-7-11(16-2)8-18-13/h4-8,14H,1-3H3. The average Bonchev–Trinajstić information content (AvgIpc) is 2.86. The lowest BCUT2D eigenvalue weighted by molar-refractivity contribution is 0.411. The minimum absolute atomic E-state index is 0.150. The van der Waals surface area contributed by atoms with Gasteiger partial charge in [0, 0.05) is 10.3 Å². The highest BCUT2D eigenvalue weighted by molar-refractivity contribution is 7.10. The summed E-state index contributed by atoms with van der Waals surface area (Å²) in [6.45, 7) is 2.01. The van der Waals surface area contributed by atoms with E-state index in [1.807, 2.05) is 30.5 Å². The van der Waals surface area contributed by atoms with E-state index in [0.29, 0.717) is 0 Å². The molecule has 0 aliphatic heterocycles. The van der Waals surface area contributed by atoms with Gasteiger partial charge in [-0.05, 0) is 30.2 Å². The number of halogens is 1. The maximum atomic E-state index is 6.48. The third-order valence-corrected chi connectivity index (χ3v) is 4.39. The van der Waals surface area contributed by atoms with E-state index in [-0.39, 0.29) is 5.38 Å². The van der Waals surface area contributed by atoms with Crippen molar-refractivity contribution in [3.8, 4) is 11.5 Å². The van der Waals surface area contributed by atoms with Gasteiger partial charge in [-0.2, -0.15) is 0 Å². The second kappa shape index (κ2) is 5.63. The molecule has 1 heterocycles. The molecule has 0 aliphatic carbocycles. The van der Waals surface area contributed by atoms with Gasteiger partial charge in [0.25, 0.3) is 0 Å². The molecule has 0 radical (unpaired) electrons. The fourth-order valence-electron chi connectivity index (χ4n) is 1.80. The Morgan fingerprint density at radius 3 is 2.50 bits per heavy atom. The summed E-state index contributed by atoms with van der Waals surface area (Å²) in [6.07, 6.45) is 0. The fourth-order valence-corrected chi connectivity index (χ4v) is 3.01. The molecular weight excluding hydrogens is 268 g/mol. The van der Waals surface area contributed by atoms with E-state index >= 15 is 0 Å². The van der Waals surface area contributed by atoms with Crippen LogP contribution in [0.5, 0.6) is 11.5 Å². The van der Waals surface area contributed by atoms with Gasteiger partial charge in [0.2, 0.25) is 0 Å². The average molecular weight is 283 g/mol. The minimum atomic E-state index is -0.150. The maximum absolute atomic E-state index is 6.48. The van der Waals surface area contributed by atoms with E-state index < -0.39 is 0 Å². The van der Waals surface area contributed by atoms with Crippen molar-refractivity contribution in [2.45, 2.75) is 12.3 Å². The molecule has 1 aromatic carbocycles. The van der Waals surface area contributed by atoms with Crippen LogP contribution in [0.3, 0.4) is 0 Å². The number of aryl methyl sites for hydroxylation is 1. The van der Waals surface area contributed by atoms with Crippen LogP contribution in [0, 0.1) is 6.92 Å². The molecule has 1 unspecified atom stereocenters. The van der Waals surface area contributed by atoms with Gasteiger partial charge in [-0.15, -0.1) is 22.9 Å². The number of hydrogen-bond acceptors (Lipinski definition) is 3. The van der Waals surface area contributed by atoms with Crippen LogP contribution in [0.1, 0.15) is 21.4 Å². The summed E-state index contributed by atoms with van der Waals surface area (Å²) in [5.41, 5.74) is 2.16. The highest BCUT2D eigenvalue weighted by Crippen LogP contribution is 2.36. The Hall–Kier alpha value is -1.19. The number of benzene rings is 1. The summed E-state index contributed by atoms with van der Waals surface area (Å²) < 4.78 is 10.4. The normalized spacial score (nSPS) is 12.2. The van der Waals surface area contributed by atoms with Crippen molar-refractivity contribution >= 4 is 22.9 Å². The van der Waals surface area contributed by atoms with E-state index in [2.05, 4.69) is 6.07 Å². The van der Waals surface area contributed by atoms with Crippen LogP contribution in [0.15, 0.2) is 29.6 Å². The molecule has 18 heavy (non-hydrogen) atoms. The third-order valence-electron chi connectivity index (χ3n) is 2.79. The van der Waals surface area contributed by atoms with E-state index in [9.17, 15) is 0 Å². The molecule has 0 N–H and O–H groups in total. The number of hydrogen-bond donors (Lipinski definition) is 0. The van der Waals surface area contributed by atoms with Crippen molar-refractivity contribution in [3.05, 3.63) is 45.6 Å². The van der Waals surface area contributed by atoms with Crippen LogP contribution in [0.4, 0.5) is 0 Å². The zero-order valence-electron chi connectivity index (χ0n) is 10.6. The molecule has 2 rings (SSSR count). The molecule has 0 saturated heterocycles. The molecule has 96 valence electrons. The van der Waals surface area contributed by atoms with Gasteiger partial charge in [-0.25, -0.2) is 0 Å². The van der Waals surface area contributed by atoms with Crippen LogP contribution in [-0.2, 0) is 0 Å². The Balaban J connectivity index is 2.27. The second-order valence-corrected chi connectivity index (χ2v) is 5.36. The van der Waals surface area contributed by atoms with Crippen LogP contribution in [0.2, 0.25) is 0 Å². The first-order valence-electron chi connectivity index (χ1n) is 5.56. The van der Waals surface area contributed by atoms with Crippen molar-refractivity contribution in [2.24, 2.45) is 0 Å². The summed E-state index contributed by atoms with van der Waals surface area (Å²) in [7, 11) is 3.33. The highest BCUT2D eigenvalue weighted by Gasteiger charge is 2.14. The van der Waals surface area contributed by atoms with Gasteiger partial charge in [0.15, 0.2) is 0 Å². The first-order valence-corrected chi connectivity index (χ1v) is 6.88. The van der Waals surface area contributed by atoms with Gasteiger partial charge in [-0.1, -0.05) is 12.1 Å². The Bertz CT molecular complexity index is 536. The van der Waals surface area contributed by atoms with E-state index in [1.165, 1.54) is 0 Å². The van der Waals surface area contributed by atoms with E-state index in [4.69, 9.17) is 21.1 Å². The van der Waals surface area contributed by atoms with Crippen molar-refractivity contribution in [3.63, 3.8) is 0 Å². The smallest absolute Gasteiger partial charge is 0.129 e. The second-order valence-electron chi connectivity index (χ2n) is 3.98. The predicted octanol–water partition coefficient (Wildman–Crippen LogP) is 4.40. The molecule has 0 spiro atoms. The Morgan fingerprint density at radius 1 is 1.17 bits per heavy atom.